The summed E-state index contributed by atoms with van der Waals surface area (Å²) in [6.45, 7) is 0. The van der Waals surface area contributed by atoms with Crippen molar-refractivity contribution in [1.82, 2.24) is 14.5 Å². The number of carbonyl (C=O) groups is 2. The Morgan fingerprint density at radius 2 is 0.944 bits per heavy atom. The van der Waals surface area contributed by atoms with Gasteiger partial charge in [-0.1, -0.05) is 109 Å². The quantitative estimate of drug-likeness (QED) is 0.163. The molecule has 4 heterocycles. The lowest BCUT2D eigenvalue weighted by atomic mass is 9.97. The minimum absolute atomic E-state index is 0.356. The van der Waals surface area contributed by atoms with Gasteiger partial charge in [-0.15, -0.1) is 0 Å². The molecule has 0 unspecified atom stereocenters. The maximum atomic E-state index is 15.0. The number of hydrogen-bond donors (Lipinski definition) is 0. The molecule has 0 atom stereocenters. The maximum absolute atomic E-state index is 15.0. The summed E-state index contributed by atoms with van der Waals surface area (Å²) in [4.78, 5) is 40.4. The van der Waals surface area contributed by atoms with Crippen molar-refractivity contribution in [2.75, 3.05) is 4.90 Å². The molecule has 0 spiro atoms. The molecule has 0 fully saturated rings. The van der Waals surface area contributed by atoms with Crippen LogP contribution in [-0.4, -0.2) is 26.3 Å². The second-order valence-corrected chi connectivity index (χ2v) is 13.3. The molecule has 254 valence electrons. The van der Waals surface area contributed by atoms with E-state index in [-0.39, 0.29) is 11.8 Å². The Labute approximate surface area is 311 Å². The van der Waals surface area contributed by atoms with Crippen molar-refractivity contribution in [2.45, 2.75) is 0 Å². The molecule has 0 radical (unpaired) electrons. The first-order chi connectivity index (χ1) is 26.7. The third-order valence-corrected chi connectivity index (χ3v) is 10.3. The zero-order chi connectivity index (χ0) is 36.2. The number of aromatic nitrogens is 3. The highest BCUT2D eigenvalue weighted by Gasteiger charge is 2.40. The van der Waals surface area contributed by atoms with Gasteiger partial charge >= 0.3 is 0 Å². The summed E-state index contributed by atoms with van der Waals surface area (Å²) in [5.74, 6) is -0.724. The van der Waals surface area contributed by atoms with E-state index in [0.717, 1.165) is 66.6 Å². The summed E-state index contributed by atoms with van der Waals surface area (Å²) in [6.07, 6.45) is 3.60. The van der Waals surface area contributed by atoms with Crippen LogP contribution in [0.2, 0.25) is 0 Å². The van der Waals surface area contributed by atoms with Gasteiger partial charge in [-0.25, -0.2) is 4.90 Å². The summed E-state index contributed by atoms with van der Waals surface area (Å²) in [6, 6.07) is 55.7. The van der Waals surface area contributed by atoms with Crippen LogP contribution in [0.15, 0.2) is 182 Å². The predicted molar refractivity (Wildman–Crippen MR) is 216 cm³/mol. The molecular formula is C48H30N4O2. The van der Waals surface area contributed by atoms with Crippen LogP contribution in [0.1, 0.15) is 20.7 Å². The van der Waals surface area contributed by atoms with Crippen molar-refractivity contribution >= 4 is 39.3 Å². The highest BCUT2D eigenvalue weighted by atomic mass is 16.2. The zero-order valence-electron chi connectivity index (χ0n) is 28.9. The highest BCUT2D eigenvalue weighted by molar-refractivity contribution is 6.36. The van der Waals surface area contributed by atoms with Crippen molar-refractivity contribution < 1.29 is 9.59 Å². The molecule has 3 aromatic heterocycles. The number of amides is 2. The van der Waals surface area contributed by atoms with Crippen molar-refractivity contribution in [3.05, 3.63) is 193 Å². The van der Waals surface area contributed by atoms with Gasteiger partial charge in [0.25, 0.3) is 11.8 Å². The molecule has 1 aliphatic heterocycles. The van der Waals surface area contributed by atoms with Crippen LogP contribution in [-0.2, 0) is 0 Å². The zero-order valence-corrected chi connectivity index (χ0v) is 28.9. The van der Waals surface area contributed by atoms with Crippen LogP contribution >= 0.6 is 0 Å². The van der Waals surface area contributed by atoms with Crippen molar-refractivity contribution in [3.8, 4) is 50.5 Å². The number of carbonyl (C=O) groups excluding carboxylic acids is 2. The van der Waals surface area contributed by atoms with E-state index in [1.54, 1.807) is 18.5 Å². The molecule has 54 heavy (non-hydrogen) atoms. The molecule has 9 aromatic rings. The molecule has 6 aromatic carbocycles. The Morgan fingerprint density at radius 1 is 0.389 bits per heavy atom. The minimum Gasteiger partial charge on any atom is -0.308 e. The Morgan fingerprint density at radius 3 is 1.54 bits per heavy atom. The van der Waals surface area contributed by atoms with E-state index in [1.807, 2.05) is 121 Å². The number of benzene rings is 6. The smallest absolute Gasteiger partial charge is 0.268 e. The van der Waals surface area contributed by atoms with Crippen molar-refractivity contribution in [3.63, 3.8) is 0 Å². The number of nitrogens with zero attached hydrogens (tertiary/aromatic N) is 4. The first-order valence-electron chi connectivity index (χ1n) is 17.8. The second-order valence-electron chi connectivity index (χ2n) is 13.3. The number of hydrogen-bond acceptors (Lipinski definition) is 4. The average Bonchev–Trinajstić information content (AvgIpc) is 3.72. The summed E-state index contributed by atoms with van der Waals surface area (Å²) in [5.41, 5.74) is 11.0. The van der Waals surface area contributed by atoms with Crippen molar-refractivity contribution in [1.29, 1.82) is 0 Å². The summed E-state index contributed by atoms with van der Waals surface area (Å²) in [7, 11) is 0. The third-order valence-electron chi connectivity index (χ3n) is 10.3. The molecule has 0 saturated carbocycles. The summed E-state index contributed by atoms with van der Waals surface area (Å²) in [5, 5.41) is 1.98. The molecule has 10 rings (SSSR count). The Kier molecular flexibility index (Phi) is 7.34. The highest BCUT2D eigenvalue weighted by Crippen LogP contribution is 2.45. The lowest BCUT2D eigenvalue weighted by Gasteiger charge is -2.20. The third kappa shape index (κ3) is 4.89. The molecule has 1 aliphatic rings. The number of anilines is 1. The van der Waals surface area contributed by atoms with Crippen LogP contribution in [0.5, 0.6) is 0 Å². The monoisotopic (exact) mass is 694 g/mol. The fourth-order valence-corrected chi connectivity index (χ4v) is 7.90. The first kappa shape index (κ1) is 31.3. The topological polar surface area (TPSA) is 68.1 Å². The number of pyridine rings is 2. The van der Waals surface area contributed by atoms with Crippen molar-refractivity contribution in [2.24, 2.45) is 0 Å². The molecule has 0 bridgehead atoms. The molecular weight excluding hydrogens is 665 g/mol. The lowest BCUT2D eigenvalue weighted by molar-refractivity contribution is 0.0926. The number of fused-ring (bicyclic) bond motifs is 4. The van der Waals surface area contributed by atoms with E-state index in [1.165, 1.54) is 4.90 Å². The van der Waals surface area contributed by atoms with Crippen LogP contribution in [0, 0.1) is 0 Å². The summed E-state index contributed by atoms with van der Waals surface area (Å²) >= 11 is 0. The fourth-order valence-electron chi connectivity index (χ4n) is 7.90. The van der Waals surface area contributed by atoms with Gasteiger partial charge < -0.3 is 4.57 Å². The SMILES string of the molecule is O=C1c2cccc(-n3c4cccc(-c5ccccn5)c4c4c(-c5ccccn5)cccc43)c2C(=O)N1c1ccc(-c2ccccc2)cc1-c1ccccc1. The van der Waals surface area contributed by atoms with E-state index < -0.39 is 0 Å². The van der Waals surface area contributed by atoms with E-state index in [4.69, 9.17) is 9.97 Å². The molecule has 6 heteroatoms. The Balaban J connectivity index is 1.21. The summed E-state index contributed by atoms with van der Waals surface area (Å²) < 4.78 is 2.12. The number of imide groups is 1. The van der Waals surface area contributed by atoms with Gasteiger partial charge in [-0.3, -0.25) is 19.6 Å². The average molecular weight is 695 g/mol. The van der Waals surface area contributed by atoms with Crippen LogP contribution in [0.3, 0.4) is 0 Å². The van der Waals surface area contributed by atoms with E-state index in [9.17, 15) is 9.59 Å². The van der Waals surface area contributed by atoms with Gasteiger partial charge in [-0.2, -0.15) is 0 Å². The second kappa shape index (κ2) is 12.7. The lowest BCUT2D eigenvalue weighted by Crippen LogP contribution is -2.30. The van der Waals surface area contributed by atoms with Crippen LogP contribution in [0.4, 0.5) is 5.69 Å². The molecule has 0 N–H and O–H groups in total. The van der Waals surface area contributed by atoms with Crippen LogP contribution < -0.4 is 4.90 Å². The predicted octanol–water partition coefficient (Wildman–Crippen LogP) is 11.0. The van der Waals surface area contributed by atoms with Gasteiger partial charge in [0, 0.05) is 39.9 Å². The molecule has 0 aliphatic carbocycles. The Hall–Kier alpha value is -7.44. The van der Waals surface area contributed by atoms with Gasteiger partial charge in [0.15, 0.2) is 0 Å². The van der Waals surface area contributed by atoms with Gasteiger partial charge in [0.2, 0.25) is 0 Å². The van der Waals surface area contributed by atoms with Gasteiger partial charge in [-0.05, 0) is 77.4 Å². The number of rotatable bonds is 6. The van der Waals surface area contributed by atoms with E-state index in [2.05, 4.69) is 47.0 Å². The maximum Gasteiger partial charge on any atom is 0.268 e. The van der Waals surface area contributed by atoms with Crippen LogP contribution in [0.25, 0.3) is 72.3 Å². The van der Waals surface area contributed by atoms with Gasteiger partial charge in [0.05, 0.1) is 44.9 Å². The first-order valence-corrected chi connectivity index (χ1v) is 17.8. The minimum atomic E-state index is -0.369. The molecule has 0 saturated heterocycles. The van der Waals surface area contributed by atoms with E-state index in [0.29, 0.717) is 22.5 Å². The molecule has 2 amide bonds. The van der Waals surface area contributed by atoms with Gasteiger partial charge in [0.1, 0.15) is 0 Å². The normalized spacial score (nSPS) is 12.5. The van der Waals surface area contributed by atoms with E-state index >= 15 is 0 Å². The molecule has 6 nitrogen and oxygen atoms in total. The standard InChI is InChI=1S/C48H30N4O2/c53-47-36-20-13-25-43(46(36)48(54)52(47)40-27-26-33(31-14-3-1-4-15-31)30-37(40)32-16-5-2-6-17-32)51-41-23-11-18-34(38-21-7-9-28-49-38)44(41)45-35(19-12-24-42(45)51)39-22-8-10-29-50-39/h1-30H. The Bertz CT molecular complexity index is 2810. The largest absolute Gasteiger partial charge is 0.308 e. The fraction of sp³-hybridized carbons (Fsp3) is 0.